The molecule has 0 radical (unpaired) electrons. The molecule has 3 aromatic carbocycles. The molecule has 29 heavy (non-hydrogen) atoms. The Labute approximate surface area is 175 Å². The maximum atomic E-state index is 2.53. The maximum Gasteiger partial charge on any atom is 0.00408 e. The van der Waals surface area contributed by atoms with Crippen molar-refractivity contribution in [3.63, 3.8) is 0 Å². The van der Waals surface area contributed by atoms with Gasteiger partial charge in [0.15, 0.2) is 0 Å². The summed E-state index contributed by atoms with van der Waals surface area (Å²) in [7, 11) is 0. The van der Waals surface area contributed by atoms with Crippen LogP contribution in [0.4, 0.5) is 0 Å². The van der Waals surface area contributed by atoms with Crippen molar-refractivity contribution in [2.75, 3.05) is 0 Å². The quantitative estimate of drug-likeness (QED) is 0.430. The second kappa shape index (κ2) is 7.34. The summed E-state index contributed by atoms with van der Waals surface area (Å²) in [5, 5.41) is 0. The van der Waals surface area contributed by atoms with Crippen LogP contribution in [0.1, 0.15) is 68.6 Å². The molecule has 0 aromatic heterocycles. The van der Waals surface area contributed by atoms with Crippen LogP contribution < -0.4 is 0 Å². The van der Waals surface area contributed by atoms with E-state index in [4.69, 9.17) is 0 Å². The predicted molar refractivity (Wildman–Crippen MR) is 124 cm³/mol. The number of allylic oxidation sites excluding steroid dienone is 1. The molecular weight excluding hydrogens is 348 g/mol. The van der Waals surface area contributed by atoms with Gasteiger partial charge in [0.2, 0.25) is 0 Å². The first-order chi connectivity index (χ1) is 14.2. The number of hydrogen-bond donors (Lipinski definition) is 0. The Hall–Kier alpha value is -2.60. The molecule has 5 rings (SSSR count). The van der Waals surface area contributed by atoms with Gasteiger partial charge in [0.25, 0.3) is 0 Å². The summed E-state index contributed by atoms with van der Waals surface area (Å²) in [5.41, 5.74) is 10.4. The van der Waals surface area contributed by atoms with E-state index in [1.807, 2.05) is 0 Å². The van der Waals surface area contributed by atoms with E-state index in [2.05, 4.69) is 92.7 Å². The molecule has 146 valence electrons. The molecular formula is C29H30. The van der Waals surface area contributed by atoms with Gasteiger partial charge in [-0.25, -0.2) is 0 Å². The lowest BCUT2D eigenvalue weighted by Gasteiger charge is -2.38. The summed E-state index contributed by atoms with van der Waals surface area (Å²) >= 11 is 0. The van der Waals surface area contributed by atoms with Crippen LogP contribution in [0.3, 0.4) is 0 Å². The fourth-order valence-electron chi connectivity index (χ4n) is 5.82. The lowest BCUT2D eigenvalue weighted by Crippen LogP contribution is -2.25. The fraction of sp³-hybridized carbons (Fsp3) is 0.310. The van der Waals surface area contributed by atoms with Crippen LogP contribution in [0.25, 0.3) is 16.7 Å². The predicted octanol–water partition coefficient (Wildman–Crippen LogP) is 8.24. The number of fused-ring (bicyclic) bond motifs is 1. The van der Waals surface area contributed by atoms with Crippen molar-refractivity contribution in [1.29, 1.82) is 0 Å². The lowest BCUT2D eigenvalue weighted by atomic mass is 9.66. The fourth-order valence-corrected chi connectivity index (χ4v) is 5.82. The highest BCUT2D eigenvalue weighted by Gasteiger charge is 2.40. The van der Waals surface area contributed by atoms with Gasteiger partial charge in [0.05, 0.1) is 0 Å². The van der Waals surface area contributed by atoms with Crippen molar-refractivity contribution in [3.8, 4) is 11.1 Å². The molecule has 0 heteroatoms. The van der Waals surface area contributed by atoms with E-state index in [1.165, 1.54) is 65.5 Å². The third-order valence-corrected chi connectivity index (χ3v) is 7.29. The van der Waals surface area contributed by atoms with E-state index < -0.39 is 0 Å². The van der Waals surface area contributed by atoms with E-state index in [0.717, 1.165) is 0 Å². The highest BCUT2D eigenvalue weighted by Crippen LogP contribution is 2.56. The Balaban J connectivity index is 1.64. The Morgan fingerprint density at radius 3 is 1.97 bits per heavy atom. The first kappa shape index (κ1) is 18.4. The van der Waals surface area contributed by atoms with Crippen LogP contribution in [0.15, 0.2) is 84.4 Å². The normalized spacial score (nSPS) is 20.6. The minimum atomic E-state index is 0.324. The van der Waals surface area contributed by atoms with Crippen molar-refractivity contribution >= 4 is 5.57 Å². The molecule has 1 atom stereocenters. The van der Waals surface area contributed by atoms with E-state index in [-0.39, 0.29) is 0 Å². The molecule has 1 fully saturated rings. The smallest absolute Gasteiger partial charge is 0.00408 e. The van der Waals surface area contributed by atoms with Gasteiger partial charge >= 0.3 is 0 Å². The molecule has 0 spiro atoms. The Kier molecular flexibility index (Phi) is 4.66. The topological polar surface area (TPSA) is 0 Å². The molecule has 1 saturated carbocycles. The molecule has 1 unspecified atom stereocenters. The van der Waals surface area contributed by atoms with Gasteiger partial charge in [-0.15, -0.1) is 0 Å². The highest BCUT2D eigenvalue weighted by atomic mass is 14.4. The SMILES string of the molecule is CC1C(C2(C)CCCCC2)=C(c2ccc(-c3ccccc3)cc2)c2ccccc21. The van der Waals surface area contributed by atoms with Crippen LogP contribution in [0.2, 0.25) is 0 Å². The second-order valence-electron chi connectivity index (χ2n) is 9.16. The van der Waals surface area contributed by atoms with Gasteiger partial charge < -0.3 is 0 Å². The van der Waals surface area contributed by atoms with Gasteiger partial charge in [-0.05, 0) is 57.2 Å². The summed E-state index contributed by atoms with van der Waals surface area (Å²) < 4.78 is 0. The summed E-state index contributed by atoms with van der Waals surface area (Å²) in [4.78, 5) is 0. The molecule has 3 aromatic rings. The van der Waals surface area contributed by atoms with Gasteiger partial charge in [-0.3, -0.25) is 0 Å². The second-order valence-corrected chi connectivity index (χ2v) is 9.16. The van der Waals surface area contributed by atoms with Gasteiger partial charge in [0.1, 0.15) is 0 Å². The Bertz CT molecular complexity index is 1030. The first-order valence-corrected chi connectivity index (χ1v) is 11.2. The molecule has 0 heterocycles. The van der Waals surface area contributed by atoms with E-state index >= 15 is 0 Å². The molecule has 2 aliphatic carbocycles. The van der Waals surface area contributed by atoms with Crippen LogP contribution in [0.5, 0.6) is 0 Å². The lowest BCUT2D eigenvalue weighted by molar-refractivity contribution is 0.259. The zero-order valence-electron chi connectivity index (χ0n) is 17.6. The van der Waals surface area contributed by atoms with Crippen molar-refractivity contribution in [3.05, 3.63) is 101 Å². The highest BCUT2D eigenvalue weighted by molar-refractivity contribution is 5.89. The molecule has 0 bridgehead atoms. The summed E-state index contributed by atoms with van der Waals surface area (Å²) in [6, 6.07) is 29.1. The van der Waals surface area contributed by atoms with E-state index in [1.54, 1.807) is 5.57 Å². The third kappa shape index (κ3) is 3.15. The van der Waals surface area contributed by atoms with Gasteiger partial charge in [0, 0.05) is 5.92 Å². The van der Waals surface area contributed by atoms with E-state index in [0.29, 0.717) is 11.3 Å². The first-order valence-electron chi connectivity index (χ1n) is 11.2. The van der Waals surface area contributed by atoms with Crippen molar-refractivity contribution in [1.82, 2.24) is 0 Å². The van der Waals surface area contributed by atoms with Crippen molar-refractivity contribution in [2.45, 2.75) is 51.9 Å². The minimum absolute atomic E-state index is 0.324. The van der Waals surface area contributed by atoms with Crippen LogP contribution in [-0.2, 0) is 0 Å². The van der Waals surface area contributed by atoms with Gasteiger partial charge in [-0.2, -0.15) is 0 Å². The number of hydrogen-bond acceptors (Lipinski definition) is 0. The largest absolute Gasteiger partial charge is 0.0622 e. The standard InChI is InChI=1S/C29H30/c1-21-25-13-7-8-14-26(25)27(28(21)29(2)19-9-4-10-20-29)24-17-15-23(16-18-24)22-11-5-3-6-12-22/h3,5-8,11-18,21H,4,9-10,19-20H2,1-2H3. The summed E-state index contributed by atoms with van der Waals surface area (Å²) in [6.45, 7) is 4.96. The number of rotatable bonds is 3. The molecule has 0 nitrogen and oxygen atoms in total. The monoisotopic (exact) mass is 378 g/mol. The Morgan fingerprint density at radius 1 is 0.655 bits per heavy atom. The van der Waals surface area contributed by atoms with Crippen LogP contribution in [0, 0.1) is 5.41 Å². The molecule has 0 aliphatic heterocycles. The maximum absolute atomic E-state index is 2.53. The summed E-state index contributed by atoms with van der Waals surface area (Å²) in [6.07, 6.45) is 6.77. The van der Waals surface area contributed by atoms with Crippen molar-refractivity contribution < 1.29 is 0 Å². The molecule has 0 saturated heterocycles. The summed E-state index contributed by atoms with van der Waals surface area (Å²) in [5.74, 6) is 0.512. The van der Waals surface area contributed by atoms with Gasteiger partial charge in [-0.1, -0.05) is 112 Å². The molecule has 0 amide bonds. The number of benzene rings is 3. The third-order valence-electron chi connectivity index (χ3n) is 7.29. The Morgan fingerprint density at radius 2 is 1.24 bits per heavy atom. The van der Waals surface area contributed by atoms with Crippen LogP contribution >= 0.6 is 0 Å². The molecule has 2 aliphatic rings. The average molecular weight is 379 g/mol. The molecule has 0 N–H and O–H groups in total. The van der Waals surface area contributed by atoms with E-state index in [9.17, 15) is 0 Å². The minimum Gasteiger partial charge on any atom is -0.0622 e. The average Bonchev–Trinajstić information content (AvgIpc) is 3.08. The van der Waals surface area contributed by atoms with Crippen molar-refractivity contribution in [2.24, 2.45) is 5.41 Å². The van der Waals surface area contributed by atoms with Crippen LogP contribution in [-0.4, -0.2) is 0 Å². The zero-order valence-corrected chi connectivity index (χ0v) is 17.6. The zero-order chi connectivity index (χ0) is 19.8.